The molecule has 0 atom stereocenters. The zero-order chi connectivity index (χ0) is 19.4. The number of ketones is 1. The van der Waals surface area contributed by atoms with E-state index in [1.165, 1.54) is 4.90 Å². The average molecular weight is 384 g/mol. The Labute approximate surface area is 161 Å². The summed E-state index contributed by atoms with van der Waals surface area (Å²) in [6.45, 7) is -0.00526. The van der Waals surface area contributed by atoms with E-state index in [-0.39, 0.29) is 37.0 Å². The molecule has 0 unspecified atom stereocenters. The van der Waals surface area contributed by atoms with Gasteiger partial charge in [-0.3, -0.25) is 14.4 Å². The van der Waals surface area contributed by atoms with E-state index in [2.05, 4.69) is 5.32 Å². The first-order chi connectivity index (χ1) is 13.0. The molecular formula is C20H20N2O4S. The number of carbonyl (C=O) groups is 3. The van der Waals surface area contributed by atoms with Crippen molar-refractivity contribution in [2.24, 2.45) is 0 Å². The van der Waals surface area contributed by atoms with E-state index in [0.29, 0.717) is 22.7 Å². The Morgan fingerprint density at radius 3 is 2.78 bits per heavy atom. The molecule has 1 N–H and O–H groups in total. The number of rotatable bonds is 6. The molecule has 6 nitrogen and oxygen atoms in total. The van der Waals surface area contributed by atoms with E-state index in [1.807, 2.05) is 30.5 Å². The van der Waals surface area contributed by atoms with Crippen molar-refractivity contribution >= 4 is 40.7 Å². The Morgan fingerprint density at radius 1 is 1.19 bits per heavy atom. The number of nitrogens with one attached hydrogen (secondary N) is 1. The van der Waals surface area contributed by atoms with E-state index in [4.69, 9.17) is 4.74 Å². The fourth-order valence-electron chi connectivity index (χ4n) is 2.74. The molecule has 0 aromatic heterocycles. The summed E-state index contributed by atoms with van der Waals surface area (Å²) in [7, 11) is 1.65. The standard InChI is InChI=1S/C20H20N2O4S/c1-22-16-10-13(6-8-18(16)26-12-20(22)25)17(23)7-9-19(24)21-14-4-3-5-15(11-14)27-2/h3-6,8,10-11H,7,9,12H2,1-2H3,(H,21,24). The molecule has 0 radical (unpaired) electrons. The summed E-state index contributed by atoms with van der Waals surface area (Å²) >= 11 is 1.59. The van der Waals surface area contributed by atoms with Crippen molar-refractivity contribution in [3.8, 4) is 5.75 Å². The van der Waals surface area contributed by atoms with E-state index >= 15 is 0 Å². The quantitative estimate of drug-likeness (QED) is 0.610. The molecule has 0 fully saturated rings. The molecule has 0 aliphatic carbocycles. The third-order valence-corrected chi connectivity index (χ3v) is 5.03. The Hall–Kier alpha value is -2.80. The minimum absolute atomic E-state index is 0.00526. The van der Waals surface area contributed by atoms with Crippen LogP contribution in [0, 0.1) is 0 Å². The first-order valence-corrected chi connectivity index (χ1v) is 9.71. The fraction of sp³-hybridized carbons (Fsp3) is 0.250. The minimum Gasteiger partial charge on any atom is -0.482 e. The predicted molar refractivity (Wildman–Crippen MR) is 106 cm³/mol. The lowest BCUT2D eigenvalue weighted by Crippen LogP contribution is -2.35. The number of hydrogen-bond donors (Lipinski definition) is 1. The average Bonchev–Trinajstić information content (AvgIpc) is 2.69. The van der Waals surface area contributed by atoms with Gasteiger partial charge < -0.3 is 15.0 Å². The fourth-order valence-corrected chi connectivity index (χ4v) is 3.20. The number of carbonyl (C=O) groups excluding carboxylic acids is 3. The maximum absolute atomic E-state index is 12.4. The maximum atomic E-state index is 12.4. The van der Waals surface area contributed by atoms with Gasteiger partial charge in [-0.25, -0.2) is 0 Å². The summed E-state index contributed by atoms with van der Waals surface area (Å²) in [5.41, 5.74) is 1.73. The summed E-state index contributed by atoms with van der Waals surface area (Å²) in [5, 5.41) is 2.81. The van der Waals surface area contributed by atoms with Crippen LogP contribution in [0.4, 0.5) is 11.4 Å². The molecule has 1 aliphatic heterocycles. The largest absolute Gasteiger partial charge is 0.482 e. The van der Waals surface area contributed by atoms with Gasteiger partial charge in [0.25, 0.3) is 5.91 Å². The monoisotopic (exact) mass is 384 g/mol. The molecule has 0 spiro atoms. The van der Waals surface area contributed by atoms with Gasteiger partial charge in [-0.2, -0.15) is 0 Å². The van der Waals surface area contributed by atoms with Crippen LogP contribution in [0.1, 0.15) is 23.2 Å². The van der Waals surface area contributed by atoms with Gasteiger partial charge in [0, 0.05) is 36.0 Å². The van der Waals surface area contributed by atoms with Crippen molar-refractivity contribution in [3.05, 3.63) is 48.0 Å². The topological polar surface area (TPSA) is 75.7 Å². The molecule has 1 heterocycles. The lowest BCUT2D eigenvalue weighted by atomic mass is 10.0. The molecule has 27 heavy (non-hydrogen) atoms. The zero-order valence-corrected chi connectivity index (χ0v) is 16.0. The lowest BCUT2D eigenvalue weighted by molar-refractivity contribution is -0.121. The number of hydrogen-bond acceptors (Lipinski definition) is 5. The molecule has 2 amide bonds. The zero-order valence-electron chi connectivity index (χ0n) is 15.2. The second-order valence-electron chi connectivity index (χ2n) is 6.13. The molecule has 7 heteroatoms. The third kappa shape index (κ3) is 4.49. The highest BCUT2D eigenvalue weighted by molar-refractivity contribution is 7.98. The van der Waals surface area contributed by atoms with Gasteiger partial charge in [0.1, 0.15) is 5.75 Å². The van der Waals surface area contributed by atoms with E-state index < -0.39 is 0 Å². The van der Waals surface area contributed by atoms with Crippen LogP contribution >= 0.6 is 11.8 Å². The Kier molecular flexibility index (Phi) is 5.81. The molecule has 1 aliphatic rings. The van der Waals surface area contributed by atoms with Crippen LogP contribution in [0.15, 0.2) is 47.4 Å². The summed E-state index contributed by atoms with van der Waals surface area (Å²) in [5.74, 6) is 0.0337. The van der Waals surface area contributed by atoms with E-state index in [0.717, 1.165) is 4.90 Å². The number of fused-ring (bicyclic) bond motifs is 1. The van der Waals surface area contributed by atoms with Gasteiger partial charge in [0.05, 0.1) is 5.69 Å². The first kappa shape index (κ1) is 19.0. The van der Waals surface area contributed by atoms with Gasteiger partial charge in [-0.05, 0) is 42.7 Å². The van der Waals surface area contributed by atoms with Crippen molar-refractivity contribution in [1.29, 1.82) is 0 Å². The number of likely N-dealkylation sites (N-methyl/N-ethyl adjacent to an activating group) is 1. The normalized spacial score (nSPS) is 13.0. The van der Waals surface area contributed by atoms with E-state index in [9.17, 15) is 14.4 Å². The number of amides is 2. The highest BCUT2D eigenvalue weighted by Crippen LogP contribution is 2.32. The van der Waals surface area contributed by atoms with Crippen LogP contribution in [-0.2, 0) is 9.59 Å². The van der Waals surface area contributed by atoms with E-state index in [1.54, 1.807) is 37.0 Å². The van der Waals surface area contributed by atoms with Crippen molar-refractivity contribution < 1.29 is 19.1 Å². The summed E-state index contributed by atoms with van der Waals surface area (Å²) in [6, 6.07) is 12.5. The summed E-state index contributed by atoms with van der Waals surface area (Å²) < 4.78 is 5.36. The molecular weight excluding hydrogens is 364 g/mol. The highest BCUT2D eigenvalue weighted by Gasteiger charge is 2.23. The van der Waals surface area contributed by atoms with Gasteiger partial charge >= 0.3 is 0 Å². The van der Waals surface area contributed by atoms with Gasteiger partial charge in [0.15, 0.2) is 12.4 Å². The summed E-state index contributed by atoms with van der Waals surface area (Å²) in [4.78, 5) is 38.8. The van der Waals surface area contributed by atoms with Gasteiger partial charge in [0.2, 0.25) is 5.91 Å². The Bertz CT molecular complexity index is 897. The minimum atomic E-state index is -0.213. The third-order valence-electron chi connectivity index (χ3n) is 4.30. The van der Waals surface area contributed by atoms with Gasteiger partial charge in [-0.15, -0.1) is 11.8 Å². The Balaban J connectivity index is 1.60. The highest BCUT2D eigenvalue weighted by atomic mass is 32.2. The molecule has 0 bridgehead atoms. The smallest absolute Gasteiger partial charge is 0.264 e. The Morgan fingerprint density at radius 2 is 2.00 bits per heavy atom. The number of benzene rings is 2. The molecule has 0 saturated heterocycles. The number of ether oxygens (including phenoxy) is 1. The number of nitrogens with zero attached hydrogens (tertiary/aromatic N) is 1. The van der Waals surface area contributed by atoms with Crippen LogP contribution in [-0.4, -0.2) is 37.5 Å². The number of thioether (sulfide) groups is 1. The van der Waals surface area contributed by atoms with Crippen molar-refractivity contribution in [3.63, 3.8) is 0 Å². The van der Waals surface area contributed by atoms with Crippen LogP contribution < -0.4 is 15.0 Å². The van der Waals surface area contributed by atoms with Crippen molar-refractivity contribution in [1.82, 2.24) is 0 Å². The molecule has 2 aromatic rings. The SMILES string of the molecule is CSc1cccc(NC(=O)CCC(=O)c2ccc3c(c2)N(C)C(=O)CO3)c1. The van der Waals surface area contributed by atoms with Crippen LogP contribution in [0.3, 0.4) is 0 Å². The van der Waals surface area contributed by atoms with Gasteiger partial charge in [-0.1, -0.05) is 6.07 Å². The molecule has 0 saturated carbocycles. The lowest BCUT2D eigenvalue weighted by Gasteiger charge is -2.26. The van der Waals surface area contributed by atoms with Crippen LogP contribution in [0.5, 0.6) is 5.75 Å². The second-order valence-corrected chi connectivity index (χ2v) is 7.01. The van der Waals surface area contributed by atoms with Crippen molar-refractivity contribution in [2.45, 2.75) is 17.7 Å². The molecule has 140 valence electrons. The molecule has 3 rings (SSSR count). The van der Waals surface area contributed by atoms with Crippen LogP contribution in [0.2, 0.25) is 0 Å². The number of anilines is 2. The molecule has 2 aromatic carbocycles. The maximum Gasteiger partial charge on any atom is 0.264 e. The predicted octanol–water partition coefficient (Wildman–Crippen LogP) is 3.37. The van der Waals surface area contributed by atoms with Crippen LogP contribution in [0.25, 0.3) is 0 Å². The number of Topliss-reactive ketones (excluding diaryl/α,β-unsaturated/α-hetero) is 1. The second kappa shape index (κ2) is 8.26. The first-order valence-electron chi connectivity index (χ1n) is 8.48. The van der Waals surface area contributed by atoms with Crippen molar-refractivity contribution in [2.75, 3.05) is 30.1 Å². The summed E-state index contributed by atoms with van der Waals surface area (Å²) in [6.07, 6.45) is 2.14.